The summed E-state index contributed by atoms with van der Waals surface area (Å²) in [4.78, 5) is 6.64. The lowest BCUT2D eigenvalue weighted by Gasteiger charge is -2.05. The zero-order chi connectivity index (χ0) is 9.68. The lowest BCUT2D eigenvalue weighted by molar-refractivity contribution is 0.401. The number of thiazole rings is 1. The molecule has 0 bridgehead atoms. The van der Waals surface area contributed by atoms with E-state index < -0.39 is 0 Å². The van der Waals surface area contributed by atoms with Gasteiger partial charge in [-0.2, -0.15) is 0 Å². The van der Waals surface area contributed by atoms with E-state index in [-0.39, 0.29) is 24.8 Å². The first-order valence-corrected chi connectivity index (χ1v) is 5.39. The third-order valence-corrected chi connectivity index (χ3v) is 2.49. The minimum absolute atomic E-state index is 0. The Morgan fingerprint density at radius 3 is 2.60 bits per heavy atom. The predicted molar refractivity (Wildman–Crippen MR) is 71.4 cm³/mol. The zero-order valence-electron chi connectivity index (χ0n) is 9.32. The molecule has 3 nitrogen and oxygen atoms in total. The van der Waals surface area contributed by atoms with Gasteiger partial charge in [0.25, 0.3) is 0 Å². The van der Waals surface area contributed by atoms with E-state index in [0.717, 1.165) is 25.3 Å². The molecular formula is C9H19Cl2N3S. The van der Waals surface area contributed by atoms with Crippen LogP contribution >= 0.6 is 36.2 Å². The lowest BCUT2D eigenvalue weighted by atomic mass is 10.5. The number of rotatable bonds is 5. The number of aromatic nitrogens is 1. The molecule has 6 heteroatoms. The van der Waals surface area contributed by atoms with E-state index in [2.05, 4.69) is 41.6 Å². The maximum Gasteiger partial charge on any atom is 0.107 e. The molecule has 0 unspecified atom stereocenters. The average Bonchev–Trinajstić information content (AvgIpc) is 2.48. The molecule has 0 aliphatic rings. The largest absolute Gasteiger partial charge is 0.311 e. The Hall–Kier alpha value is 0.130. The molecular weight excluding hydrogens is 253 g/mol. The Kier molecular flexibility index (Phi) is 10.9. The van der Waals surface area contributed by atoms with Crippen LogP contribution in [0.25, 0.3) is 0 Å². The number of hydrogen-bond acceptors (Lipinski definition) is 4. The molecule has 1 N–H and O–H groups in total. The number of nitrogens with one attached hydrogen (secondary N) is 1. The zero-order valence-corrected chi connectivity index (χ0v) is 11.8. The minimum Gasteiger partial charge on any atom is -0.311 e. The number of nitrogens with zero attached hydrogens (tertiary/aromatic N) is 2. The molecule has 1 aromatic rings. The summed E-state index contributed by atoms with van der Waals surface area (Å²) in [6, 6.07) is 0. The second-order valence-electron chi connectivity index (χ2n) is 3.25. The molecule has 0 aromatic carbocycles. The fourth-order valence-electron chi connectivity index (χ4n) is 1.03. The van der Waals surface area contributed by atoms with Crippen molar-refractivity contribution >= 4 is 36.2 Å². The summed E-state index contributed by atoms with van der Waals surface area (Å²) >= 11 is 1.74. The summed E-state index contributed by atoms with van der Waals surface area (Å²) in [6.07, 6.45) is 0. The van der Waals surface area contributed by atoms with Crippen molar-refractivity contribution in [2.45, 2.75) is 20.0 Å². The van der Waals surface area contributed by atoms with Gasteiger partial charge in [-0.15, -0.1) is 36.2 Å². The quantitative estimate of drug-likeness (QED) is 0.890. The summed E-state index contributed by atoms with van der Waals surface area (Å²) in [5.74, 6) is 0. The molecule has 0 saturated carbocycles. The van der Waals surface area contributed by atoms with E-state index in [0.29, 0.717) is 0 Å². The Labute approximate surface area is 108 Å². The van der Waals surface area contributed by atoms with Gasteiger partial charge < -0.3 is 10.2 Å². The van der Waals surface area contributed by atoms with Crippen molar-refractivity contribution in [1.29, 1.82) is 0 Å². The van der Waals surface area contributed by atoms with Crippen LogP contribution in [0.4, 0.5) is 0 Å². The van der Waals surface area contributed by atoms with Crippen LogP contribution in [0.3, 0.4) is 0 Å². The van der Waals surface area contributed by atoms with E-state index in [1.807, 2.05) is 0 Å². The predicted octanol–water partition coefficient (Wildman–Crippen LogP) is 2.16. The topological polar surface area (TPSA) is 28.2 Å². The molecule has 1 rings (SSSR count). The third kappa shape index (κ3) is 7.09. The molecule has 90 valence electrons. The average molecular weight is 272 g/mol. The first-order chi connectivity index (χ1) is 6.22. The van der Waals surface area contributed by atoms with Crippen molar-refractivity contribution < 1.29 is 0 Å². The molecule has 15 heavy (non-hydrogen) atoms. The van der Waals surface area contributed by atoms with Gasteiger partial charge in [-0.25, -0.2) is 4.98 Å². The van der Waals surface area contributed by atoms with E-state index >= 15 is 0 Å². The van der Waals surface area contributed by atoms with Crippen molar-refractivity contribution in [3.63, 3.8) is 0 Å². The van der Waals surface area contributed by atoms with Gasteiger partial charge in [0.15, 0.2) is 0 Å². The van der Waals surface area contributed by atoms with E-state index in [1.54, 1.807) is 11.3 Å². The fraction of sp³-hybridized carbons (Fsp3) is 0.667. The third-order valence-electron chi connectivity index (χ3n) is 1.61. The van der Waals surface area contributed by atoms with Gasteiger partial charge >= 0.3 is 0 Å². The highest BCUT2D eigenvalue weighted by Crippen LogP contribution is 2.10. The lowest BCUT2D eigenvalue weighted by Crippen LogP contribution is -2.13. The van der Waals surface area contributed by atoms with Crippen molar-refractivity contribution in [2.24, 2.45) is 0 Å². The smallest absolute Gasteiger partial charge is 0.107 e. The molecule has 0 amide bonds. The van der Waals surface area contributed by atoms with Crippen LogP contribution in [0.5, 0.6) is 0 Å². The van der Waals surface area contributed by atoms with Crippen molar-refractivity contribution in [2.75, 3.05) is 20.6 Å². The highest BCUT2D eigenvalue weighted by Gasteiger charge is 2.01. The Morgan fingerprint density at radius 2 is 2.07 bits per heavy atom. The molecule has 0 atom stereocenters. The van der Waals surface area contributed by atoms with E-state index in [1.165, 1.54) is 5.01 Å². The summed E-state index contributed by atoms with van der Waals surface area (Å²) in [5.41, 5.74) is 1.16. The minimum atomic E-state index is 0. The molecule has 0 aliphatic heterocycles. The van der Waals surface area contributed by atoms with Gasteiger partial charge in [0, 0.05) is 18.5 Å². The fourth-order valence-corrected chi connectivity index (χ4v) is 1.94. The van der Waals surface area contributed by atoms with Gasteiger partial charge in [0.2, 0.25) is 0 Å². The van der Waals surface area contributed by atoms with Crippen molar-refractivity contribution in [3.8, 4) is 0 Å². The Bertz CT molecular complexity index is 253. The second kappa shape index (κ2) is 9.36. The molecule has 1 aromatic heterocycles. The number of halogens is 2. The molecule has 1 heterocycles. The summed E-state index contributed by atoms with van der Waals surface area (Å²) < 4.78 is 0. The first-order valence-electron chi connectivity index (χ1n) is 4.51. The summed E-state index contributed by atoms with van der Waals surface area (Å²) in [7, 11) is 4.12. The number of hydrogen-bond donors (Lipinski definition) is 1. The highest BCUT2D eigenvalue weighted by molar-refractivity contribution is 7.09. The SMILES string of the molecule is CCNCc1csc(CN(C)C)n1.Cl.Cl. The summed E-state index contributed by atoms with van der Waals surface area (Å²) in [5, 5.41) is 6.58. The van der Waals surface area contributed by atoms with Gasteiger partial charge in [-0.1, -0.05) is 6.92 Å². The molecule has 0 spiro atoms. The van der Waals surface area contributed by atoms with Crippen molar-refractivity contribution in [1.82, 2.24) is 15.2 Å². The first kappa shape index (κ1) is 17.5. The van der Waals surface area contributed by atoms with Crippen molar-refractivity contribution in [3.05, 3.63) is 16.1 Å². The normalized spacial score (nSPS) is 9.60. The Morgan fingerprint density at radius 1 is 1.40 bits per heavy atom. The summed E-state index contributed by atoms with van der Waals surface area (Å²) in [6.45, 7) is 4.94. The molecule has 0 saturated heterocycles. The van der Waals surface area contributed by atoms with E-state index in [4.69, 9.17) is 0 Å². The maximum absolute atomic E-state index is 4.50. The van der Waals surface area contributed by atoms with Crippen LogP contribution in [0.2, 0.25) is 0 Å². The second-order valence-corrected chi connectivity index (χ2v) is 4.19. The highest BCUT2D eigenvalue weighted by atomic mass is 35.5. The van der Waals surface area contributed by atoms with Crippen LogP contribution in [0.15, 0.2) is 5.38 Å². The molecule has 0 radical (unpaired) electrons. The van der Waals surface area contributed by atoms with Gasteiger partial charge in [-0.05, 0) is 20.6 Å². The standard InChI is InChI=1S/C9H17N3S.2ClH/c1-4-10-5-8-7-13-9(11-8)6-12(2)3;;/h7,10H,4-6H2,1-3H3;2*1H. The molecule has 0 aliphatic carbocycles. The van der Waals surface area contributed by atoms with Crippen LogP contribution in [-0.4, -0.2) is 30.5 Å². The van der Waals surface area contributed by atoms with E-state index in [9.17, 15) is 0 Å². The van der Waals surface area contributed by atoms with Crippen LogP contribution in [0, 0.1) is 0 Å². The molecule has 0 fully saturated rings. The van der Waals surface area contributed by atoms with Crippen LogP contribution < -0.4 is 5.32 Å². The van der Waals surface area contributed by atoms with Crippen LogP contribution in [-0.2, 0) is 13.1 Å². The monoisotopic (exact) mass is 271 g/mol. The van der Waals surface area contributed by atoms with Crippen LogP contribution in [0.1, 0.15) is 17.6 Å². The van der Waals surface area contributed by atoms with Gasteiger partial charge in [0.1, 0.15) is 5.01 Å². The Balaban J connectivity index is 0. The maximum atomic E-state index is 4.50. The van der Waals surface area contributed by atoms with Gasteiger partial charge in [0.05, 0.1) is 5.69 Å². The van der Waals surface area contributed by atoms with Gasteiger partial charge in [-0.3, -0.25) is 0 Å².